The van der Waals surface area contributed by atoms with Crippen molar-refractivity contribution in [2.24, 2.45) is 0 Å². The summed E-state index contributed by atoms with van der Waals surface area (Å²) in [6.45, 7) is 0.512. The number of hydrogen-bond donors (Lipinski definition) is 1. The predicted octanol–water partition coefficient (Wildman–Crippen LogP) is 4.46. The molecule has 0 saturated heterocycles. The highest BCUT2D eigenvalue weighted by molar-refractivity contribution is 5.92. The predicted molar refractivity (Wildman–Crippen MR) is 109 cm³/mol. The maximum atomic E-state index is 12.4. The molecule has 3 aromatic carbocycles. The van der Waals surface area contributed by atoms with Crippen LogP contribution in [0.4, 0.5) is 5.69 Å². The van der Waals surface area contributed by atoms with Crippen molar-refractivity contribution in [3.05, 3.63) is 83.9 Å². The highest BCUT2D eigenvalue weighted by Crippen LogP contribution is 2.26. The molecule has 5 nitrogen and oxygen atoms in total. The molecule has 3 rings (SSSR count). The maximum Gasteiger partial charge on any atom is 0.228 e. The first-order valence-corrected chi connectivity index (χ1v) is 8.95. The van der Waals surface area contributed by atoms with E-state index in [0.29, 0.717) is 23.8 Å². The summed E-state index contributed by atoms with van der Waals surface area (Å²) in [5.41, 5.74) is 2.64. The summed E-state index contributed by atoms with van der Waals surface area (Å²) in [6.07, 6.45) is 0.262. The van der Waals surface area contributed by atoms with Crippen molar-refractivity contribution >= 4 is 11.6 Å². The van der Waals surface area contributed by atoms with Crippen molar-refractivity contribution in [2.75, 3.05) is 19.5 Å². The first-order chi connectivity index (χ1) is 13.7. The fourth-order valence-corrected chi connectivity index (χ4v) is 2.71. The fraction of sp³-hybridized carbons (Fsp3) is 0.174. The Morgan fingerprint density at radius 3 is 2.04 bits per heavy atom. The van der Waals surface area contributed by atoms with E-state index < -0.39 is 0 Å². The fourth-order valence-electron chi connectivity index (χ4n) is 2.71. The largest absolute Gasteiger partial charge is 0.497 e. The molecule has 0 spiro atoms. The summed E-state index contributed by atoms with van der Waals surface area (Å²) in [5, 5.41) is 2.87. The molecule has 0 fully saturated rings. The molecule has 0 aliphatic rings. The van der Waals surface area contributed by atoms with Crippen LogP contribution in [0, 0.1) is 0 Å². The molecule has 28 heavy (non-hydrogen) atoms. The topological polar surface area (TPSA) is 56.8 Å². The van der Waals surface area contributed by atoms with Gasteiger partial charge in [0.1, 0.15) is 23.9 Å². The van der Waals surface area contributed by atoms with Crippen LogP contribution in [-0.2, 0) is 17.8 Å². The second-order valence-electron chi connectivity index (χ2n) is 6.24. The second kappa shape index (κ2) is 9.46. The number of ether oxygens (including phenoxy) is 3. The quantitative estimate of drug-likeness (QED) is 0.630. The summed E-state index contributed by atoms with van der Waals surface area (Å²) >= 11 is 0. The van der Waals surface area contributed by atoms with Crippen molar-refractivity contribution in [1.29, 1.82) is 0 Å². The minimum absolute atomic E-state index is 0.117. The van der Waals surface area contributed by atoms with Gasteiger partial charge in [-0.25, -0.2) is 0 Å². The summed E-state index contributed by atoms with van der Waals surface area (Å²) < 4.78 is 16.2. The summed E-state index contributed by atoms with van der Waals surface area (Å²) in [7, 11) is 3.14. The van der Waals surface area contributed by atoms with Crippen LogP contribution in [0.15, 0.2) is 72.8 Å². The van der Waals surface area contributed by atoms with Crippen LogP contribution in [0.1, 0.15) is 11.1 Å². The van der Waals surface area contributed by atoms with Crippen molar-refractivity contribution in [2.45, 2.75) is 13.0 Å². The molecule has 0 heterocycles. The zero-order valence-corrected chi connectivity index (χ0v) is 16.0. The zero-order chi connectivity index (χ0) is 19.8. The molecule has 5 heteroatoms. The van der Waals surface area contributed by atoms with Gasteiger partial charge in [0.05, 0.1) is 20.6 Å². The Kier molecular flexibility index (Phi) is 6.52. The average Bonchev–Trinajstić information content (AvgIpc) is 2.73. The molecule has 0 bridgehead atoms. The van der Waals surface area contributed by atoms with Gasteiger partial charge in [0.15, 0.2) is 0 Å². The normalized spacial score (nSPS) is 10.2. The number of carbonyl (C=O) groups excluding carboxylic acids is 1. The van der Waals surface area contributed by atoms with Gasteiger partial charge in [0.25, 0.3) is 0 Å². The number of rotatable bonds is 8. The van der Waals surface area contributed by atoms with E-state index in [1.54, 1.807) is 32.4 Å². The first kappa shape index (κ1) is 19.3. The van der Waals surface area contributed by atoms with Gasteiger partial charge < -0.3 is 19.5 Å². The molecular weight excluding hydrogens is 354 g/mol. The van der Waals surface area contributed by atoms with E-state index in [1.807, 2.05) is 54.6 Å². The molecule has 0 aliphatic heterocycles. The number of carbonyl (C=O) groups is 1. The third-order valence-electron chi connectivity index (χ3n) is 4.17. The third kappa shape index (κ3) is 5.51. The Morgan fingerprint density at radius 2 is 1.43 bits per heavy atom. The van der Waals surface area contributed by atoms with Gasteiger partial charge in [-0.1, -0.05) is 42.5 Å². The molecule has 0 radical (unpaired) electrons. The van der Waals surface area contributed by atoms with Gasteiger partial charge in [0, 0.05) is 23.9 Å². The van der Waals surface area contributed by atoms with Crippen molar-refractivity contribution in [3.63, 3.8) is 0 Å². The van der Waals surface area contributed by atoms with Crippen LogP contribution < -0.4 is 19.5 Å². The molecule has 144 valence electrons. The SMILES string of the molecule is COc1cc(NC(=O)Cc2ccc(OCc3ccccc3)cc2)cc(OC)c1. The van der Waals surface area contributed by atoms with Crippen molar-refractivity contribution in [3.8, 4) is 17.2 Å². The van der Waals surface area contributed by atoms with E-state index in [4.69, 9.17) is 14.2 Å². The molecule has 0 aliphatic carbocycles. The average molecular weight is 377 g/mol. The smallest absolute Gasteiger partial charge is 0.228 e. The van der Waals surface area contributed by atoms with E-state index in [1.165, 1.54) is 0 Å². The molecule has 1 N–H and O–H groups in total. The van der Waals surface area contributed by atoms with Crippen LogP contribution >= 0.6 is 0 Å². The Morgan fingerprint density at radius 1 is 0.786 bits per heavy atom. The van der Waals surface area contributed by atoms with Crippen LogP contribution in [-0.4, -0.2) is 20.1 Å². The monoisotopic (exact) mass is 377 g/mol. The number of benzene rings is 3. The zero-order valence-electron chi connectivity index (χ0n) is 16.0. The van der Waals surface area contributed by atoms with Gasteiger partial charge in [-0.15, -0.1) is 0 Å². The number of nitrogens with one attached hydrogen (secondary N) is 1. The van der Waals surface area contributed by atoms with Gasteiger partial charge >= 0.3 is 0 Å². The van der Waals surface area contributed by atoms with Crippen molar-refractivity contribution < 1.29 is 19.0 Å². The Labute approximate surface area is 164 Å². The van der Waals surface area contributed by atoms with Crippen LogP contribution in [0.2, 0.25) is 0 Å². The van der Waals surface area contributed by atoms with E-state index in [9.17, 15) is 4.79 Å². The number of anilines is 1. The van der Waals surface area contributed by atoms with Gasteiger partial charge in [-0.05, 0) is 23.3 Å². The van der Waals surface area contributed by atoms with Crippen LogP contribution in [0.5, 0.6) is 17.2 Å². The molecule has 0 aromatic heterocycles. The molecule has 1 amide bonds. The van der Waals surface area contributed by atoms with Gasteiger partial charge in [-0.2, -0.15) is 0 Å². The summed E-state index contributed by atoms with van der Waals surface area (Å²) in [5.74, 6) is 1.89. The molecule has 0 atom stereocenters. The molecular formula is C23H23NO4. The number of amides is 1. The lowest BCUT2D eigenvalue weighted by Gasteiger charge is -2.10. The van der Waals surface area contributed by atoms with Crippen LogP contribution in [0.3, 0.4) is 0 Å². The number of methoxy groups -OCH3 is 2. The molecule has 0 unspecified atom stereocenters. The van der Waals surface area contributed by atoms with Crippen molar-refractivity contribution in [1.82, 2.24) is 0 Å². The lowest BCUT2D eigenvalue weighted by molar-refractivity contribution is -0.115. The number of hydrogen-bond acceptors (Lipinski definition) is 4. The highest BCUT2D eigenvalue weighted by Gasteiger charge is 2.08. The Bertz CT molecular complexity index is 885. The van der Waals surface area contributed by atoms with E-state index in [0.717, 1.165) is 16.9 Å². The first-order valence-electron chi connectivity index (χ1n) is 8.95. The minimum atomic E-state index is -0.117. The summed E-state index contributed by atoms with van der Waals surface area (Å²) in [4.78, 5) is 12.4. The Balaban J connectivity index is 1.55. The highest BCUT2D eigenvalue weighted by atomic mass is 16.5. The lowest BCUT2D eigenvalue weighted by Crippen LogP contribution is -2.14. The molecule has 0 saturated carbocycles. The lowest BCUT2D eigenvalue weighted by atomic mass is 10.1. The van der Waals surface area contributed by atoms with E-state index in [2.05, 4.69) is 5.32 Å². The second-order valence-corrected chi connectivity index (χ2v) is 6.24. The Hall–Kier alpha value is -3.47. The standard InChI is InChI=1S/C23H23NO4/c1-26-21-13-19(14-22(15-21)27-2)24-23(25)12-17-8-10-20(11-9-17)28-16-18-6-4-3-5-7-18/h3-11,13-15H,12,16H2,1-2H3,(H,24,25). The maximum absolute atomic E-state index is 12.4. The summed E-state index contributed by atoms with van der Waals surface area (Å²) in [6, 6.07) is 22.8. The van der Waals surface area contributed by atoms with Gasteiger partial charge in [0.2, 0.25) is 5.91 Å². The van der Waals surface area contributed by atoms with Crippen LogP contribution in [0.25, 0.3) is 0 Å². The minimum Gasteiger partial charge on any atom is -0.497 e. The van der Waals surface area contributed by atoms with E-state index in [-0.39, 0.29) is 12.3 Å². The molecule has 3 aromatic rings. The van der Waals surface area contributed by atoms with E-state index >= 15 is 0 Å². The van der Waals surface area contributed by atoms with Gasteiger partial charge in [-0.3, -0.25) is 4.79 Å². The third-order valence-corrected chi connectivity index (χ3v) is 4.17.